The Morgan fingerprint density at radius 1 is 1.18 bits per heavy atom. The number of rotatable bonds is 8. The van der Waals surface area contributed by atoms with Gasteiger partial charge in [-0.25, -0.2) is 9.66 Å². The van der Waals surface area contributed by atoms with Gasteiger partial charge in [0.05, 0.1) is 31.2 Å². The lowest BCUT2D eigenvalue weighted by Gasteiger charge is -2.18. The summed E-state index contributed by atoms with van der Waals surface area (Å²) >= 11 is 2.82. The molecule has 0 radical (unpaired) electrons. The van der Waals surface area contributed by atoms with E-state index in [0.717, 1.165) is 16.9 Å². The number of benzene rings is 2. The average Bonchev–Trinajstić information content (AvgIpc) is 3.43. The fraction of sp³-hybridized carbons (Fsp3) is 0.217. The Hall–Kier alpha value is -3.57. The van der Waals surface area contributed by atoms with Gasteiger partial charge >= 0.3 is 0 Å². The number of nitrogens with zero attached hydrogens (tertiary/aromatic N) is 5. The Balaban J connectivity index is 1.52. The molecule has 9 nitrogen and oxygen atoms in total. The highest BCUT2D eigenvalue weighted by molar-refractivity contribution is 7.98. The third kappa shape index (κ3) is 4.85. The zero-order valence-electron chi connectivity index (χ0n) is 19.2. The molecule has 2 aromatic heterocycles. The zero-order valence-corrected chi connectivity index (χ0v) is 20.8. The Morgan fingerprint density at radius 2 is 2.00 bits per heavy atom. The number of aryl methyl sites for hydroxylation is 1. The fourth-order valence-electron chi connectivity index (χ4n) is 3.34. The van der Waals surface area contributed by atoms with Gasteiger partial charge in [-0.2, -0.15) is 0 Å². The first kappa shape index (κ1) is 23.6. The van der Waals surface area contributed by atoms with Crippen LogP contribution in [-0.4, -0.2) is 40.0 Å². The van der Waals surface area contributed by atoms with E-state index in [0.29, 0.717) is 38.9 Å². The molecule has 0 atom stereocenters. The van der Waals surface area contributed by atoms with E-state index >= 15 is 0 Å². The van der Waals surface area contributed by atoms with Crippen molar-refractivity contribution in [3.8, 4) is 22.9 Å². The molecule has 2 aromatic carbocycles. The SMILES string of the molecule is COc1ccc(-c2nnc(SCc3csc(N(C(C)=O)c4cccc(C)c4)n3)n2N)c(OC)c1. The van der Waals surface area contributed by atoms with E-state index in [1.165, 1.54) is 34.7 Å². The van der Waals surface area contributed by atoms with E-state index in [1.807, 2.05) is 48.7 Å². The topological polar surface area (TPSA) is 108 Å². The number of aromatic nitrogens is 4. The van der Waals surface area contributed by atoms with Gasteiger partial charge in [-0.3, -0.25) is 9.69 Å². The van der Waals surface area contributed by atoms with Gasteiger partial charge in [-0.1, -0.05) is 23.9 Å². The molecule has 176 valence electrons. The molecule has 4 rings (SSSR count). The van der Waals surface area contributed by atoms with Crippen molar-refractivity contribution in [2.45, 2.75) is 24.8 Å². The molecule has 0 aliphatic carbocycles. The molecule has 0 aliphatic rings. The van der Waals surface area contributed by atoms with Crippen molar-refractivity contribution >= 4 is 39.8 Å². The van der Waals surface area contributed by atoms with Crippen LogP contribution in [0.5, 0.6) is 11.5 Å². The van der Waals surface area contributed by atoms with Crippen molar-refractivity contribution in [2.75, 3.05) is 25.0 Å². The first-order valence-corrected chi connectivity index (χ1v) is 12.1. The normalized spacial score (nSPS) is 10.8. The highest BCUT2D eigenvalue weighted by Crippen LogP contribution is 2.34. The third-order valence-corrected chi connectivity index (χ3v) is 6.82. The molecule has 11 heteroatoms. The van der Waals surface area contributed by atoms with Crippen LogP contribution in [0.2, 0.25) is 0 Å². The van der Waals surface area contributed by atoms with Gasteiger partial charge < -0.3 is 15.3 Å². The van der Waals surface area contributed by atoms with Crippen molar-refractivity contribution < 1.29 is 14.3 Å². The zero-order chi connectivity index (χ0) is 24.2. The minimum Gasteiger partial charge on any atom is -0.497 e. The Labute approximate surface area is 205 Å². The number of ether oxygens (including phenoxy) is 2. The van der Waals surface area contributed by atoms with E-state index in [2.05, 4.69) is 15.2 Å². The second kappa shape index (κ2) is 10.1. The van der Waals surface area contributed by atoms with Crippen LogP contribution in [-0.2, 0) is 10.5 Å². The van der Waals surface area contributed by atoms with Crippen molar-refractivity contribution in [3.05, 3.63) is 59.1 Å². The van der Waals surface area contributed by atoms with Crippen LogP contribution in [0.4, 0.5) is 10.8 Å². The molecule has 0 saturated carbocycles. The summed E-state index contributed by atoms with van der Waals surface area (Å²) in [6.45, 7) is 3.52. The number of carbonyl (C=O) groups excluding carboxylic acids is 1. The Morgan fingerprint density at radius 3 is 2.71 bits per heavy atom. The maximum Gasteiger partial charge on any atom is 0.230 e. The molecule has 0 unspecified atom stereocenters. The summed E-state index contributed by atoms with van der Waals surface area (Å²) in [5.41, 5.74) is 3.38. The molecule has 4 aromatic rings. The van der Waals surface area contributed by atoms with Gasteiger partial charge in [-0.05, 0) is 36.8 Å². The predicted molar refractivity (Wildman–Crippen MR) is 134 cm³/mol. The number of hydrogen-bond donors (Lipinski definition) is 1. The maximum absolute atomic E-state index is 12.4. The molecular formula is C23H24N6O3S2. The number of thioether (sulfide) groups is 1. The maximum atomic E-state index is 12.4. The first-order chi connectivity index (χ1) is 16.4. The van der Waals surface area contributed by atoms with Gasteiger partial charge in [0, 0.05) is 24.1 Å². The van der Waals surface area contributed by atoms with Crippen molar-refractivity contribution in [3.63, 3.8) is 0 Å². The predicted octanol–water partition coefficient (Wildman–Crippen LogP) is 4.42. The van der Waals surface area contributed by atoms with Gasteiger partial charge in [0.1, 0.15) is 11.5 Å². The van der Waals surface area contributed by atoms with Gasteiger partial charge in [0.25, 0.3) is 0 Å². The van der Waals surface area contributed by atoms with E-state index < -0.39 is 0 Å². The minimum atomic E-state index is -0.0982. The number of anilines is 2. The summed E-state index contributed by atoms with van der Waals surface area (Å²) in [5, 5.41) is 11.5. The van der Waals surface area contributed by atoms with Crippen LogP contribution in [0, 0.1) is 6.92 Å². The second-order valence-electron chi connectivity index (χ2n) is 7.35. The fourth-order valence-corrected chi connectivity index (χ4v) is 5.08. The van der Waals surface area contributed by atoms with Crippen molar-refractivity contribution in [2.24, 2.45) is 0 Å². The molecule has 0 aliphatic heterocycles. The lowest BCUT2D eigenvalue weighted by Crippen LogP contribution is -2.22. The lowest BCUT2D eigenvalue weighted by molar-refractivity contribution is -0.115. The summed E-state index contributed by atoms with van der Waals surface area (Å²) in [7, 11) is 3.17. The summed E-state index contributed by atoms with van der Waals surface area (Å²) < 4.78 is 12.1. The third-order valence-electron chi connectivity index (χ3n) is 4.97. The van der Waals surface area contributed by atoms with Crippen LogP contribution in [0.3, 0.4) is 0 Å². The number of thiazole rings is 1. The Kier molecular flexibility index (Phi) is 7.03. The first-order valence-electron chi connectivity index (χ1n) is 10.3. The van der Waals surface area contributed by atoms with E-state index in [1.54, 1.807) is 25.2 Å². The summed E-state index contributed by atoms with van der Waals surface area (Å²) in [5.74, 6) is 8.44. The minimum absolute atomic E-state index is 0.0982. The van der Waals surface area contributed by atoms with Crippen LogP contribution < -0.4 is 20.2 Å². The van der Waals surface area contributed by atoms with E-state index in [9.17, 15) is 4.79 Å². The second-order valence-corrected chi connectivity index (χ2v) is 9.12. The highest BCUT2D eigenvalue weighted by atomic mass is 32.2. The van der Waals surface area contributed by atoms with Crippen LogP contribution in [0.1, 0.15) is 18.2 Å². The number of amides is 1. The summed E-state index contributed by atoms with van der Waals surface area (Å²) in [6, 6.07) is 13.2. The molecular weight excluding hydrogens is 472 g/mol. The molecule has 0 spiro atoms. The van der Waals surface area contributed by atoms with Crippen molar-refractivity contribution in [1.29, 1.82) is 0 Å². The van der Waals surface area contributed by atoms with Gasteiger partial charge in [0.15, 0.2) is 11.0 Å². The number of nitrogen functional groups attached to an aromatic ring is 1. The molecule has 0 saturated heterocycles. The number of nitrogens with two attached hydrogens (primary N) is 1. The largest absolute Gasteiger partial charge is 0.497 e. The highest BCUT2D eigenvalue weighted by Gasteiger charge is 2.20. The molecule has 34 heavy (non-hydrogen) atoms. The van der Waals surface area contributed by atoms with Crippen molar-refractivity contribution in [1.82, 2.24) is 19.9 Å². The molecule has 0 bridgehead atoms. The van der Waals surface area contributed by atoms with Gasteiger partial charge in [-0.15, -0.1) is 21.5 Å². The molecule has 2 heterocycles. The smallest absolute Gasteiger partial charge is 0.230 e. The Bertz CT molecular complexity index is 1320. The van der Waals surface area contributed by atoms with E-state index in [-0.39, 0.29) is 5.91 Å². The number of hydrogen-bond acceptors (Lipinski definition) is 9. The van der Waals surface area contributed by atoms with Crippen LogP contribution >= 0.6 is 23.1 Å². The van der Waals surface area contributed by atoms with Crippen LogP contribution in [0.25, 0.3) is 11.4 Å². The summed E-state index contributed by atoms with van der Waals surface area (Å²) in [4.78, 5) is 18.6. The standard InChI is InChI=1S/C23H24N6O3S2/c1-14-6-5-7-17(10-14)28(15(2)30)22-25-16(12-33-22)13-34-23-27-26-21(29(23)24)19-9-8-18(31-3)11-20(19)32-4/h5-12H,13,24H2,1-4H3. The molecule has 1 amide bonds. The lowest BCUT2D eigenvalue weighted by atomic mass is 10.2. The van der Waals surface area contributed by atoms with Crippen LogP contribution in [0.15, 0.2) is 53.0 Å². The van der Waals surface area contributed by atoms with Gasteiger partial charge in [0.2, 0.25) is 11.1 Å². The quantitative estimate of drug-likeness (QED) is 0.282. The van der Waals surface area contributed by atoms with E-state index in [4.69, 9.17) is 15.3 Å². The number of methoxy groups -OCH3 is 2. The summed E-state index contributed by atoms with van der Waals surface area (Å²) in [6.07, 6.45) is 0. The number of carbonyl (C=O) groups is 1. The average molecular weight is 497 g/mol. The monoisotopic (exact) mass is 496 g/mol. The molecule has 2 N–H and O–H groups in total. The molecule has 0 fully saturated rings.